The van der Waals surface area contributed by atoms with Gasteiger partial charge in [0.15, 0.2) is 29.1 Å². The molecule has 0 atom stereocenters. The van der Waals surface area contributed by atoms with Crippen molar-refractivity contribution in [1.29, 1.82) is 0 Å². The van der Waals surface area contributed by atoms with E-state index in [1.807, 2.05) is 42.5 Å². The predicted molar refractivity (Wildman–Crippen MR) is 116 cm³/mol. The van der Waals surface area contributed by atoms with E-state index < -0.39 is 34.6 Å². The quantitative estimate of drug-likeness (QED) is 0.0822. The number of hydrogen-bond acceptors (Lipinski definition) is 1. The largest absolute Gasteiger partial charge is 0.296 e. The van der Waals surface area contributed by atoms with Crippen molar-refractivity contribution in [1.82, 2.24) is 4.98 Å². The first-order valence-corrected chi connectivity index (χ1v) is 10.0. The van der Waals surface area contributed by atoms with E-state index in [-0.39, 0.29) is 25.7 Å². The molecule has 4 aromatic carbocycles. The van der Waals surface area contributed by atoms with Crippen LogP contribution in [0.3, 0.4) is 0 Å². The number of nitrogens with zero attached hydrogens (tertiary/aromatic N) is 1. The van der Waals surface area contributed by atoms with E-state index in [0.29, 0.717) is 11.3 Å². The Hall–Kier alpha value is -3.41. The fraction of sp³-hybridized carbons (Fsp3) is 0. The van der Waals surface area contributed by atoms with Crippen molar-refractivity contribution in [3.8, 4) is 44.6 Å². The summed E-state index contributed by atoms with van der Waals surface area (Å²) in [5, 5.41) is 1.04. The van der Waals surface area contributed by atoms with Gasteiger partial charge in [-0.15, -0.1) is 29.8 Å². The van der Waals surface area contributed by atoms with E-state index in [1.54, 1.807) is 0 Å². The molecule has 0 spiro atoms. The molecule has 0 aliphatic heterocycles. The molecule has 1 heterocycles. The van der Waals surface area contributed by atoms with Crippen LogP contribution >= 0.6 is 0 Å². The van der Waals surface area contributed by atoms with Crippen molar-refractivity contribution in [2.24, 2.45) is 0 Å². The Bertz CT molecular complexity index is 1580. The fourth-order valence-corrected chi connectivity index (χ4v) is 4.41. The summed E-state index contributed by atoms with van der Waals surface area (Å²) in [5.74, 6) is -9.92. The molecular weight excluding hydrogens is 626 g/mol. The van der Waals surface area contributed by atoms with Crippen molar-refractivity contribution in [2.45, 2.75) is 0 Å². The zero-order chi connectivity index (χ0) is 22.9. The summed E-state index contributed by atoms with van der Waals surface area (Å²) < 4.78 is 69.0. The van der Waals surface area contributed by atoms with Gasteiger partial charge in [-0.3, -0.25) is 4.98 Å². The molecule has 0 amide bonds. The van der Waals surface area contributed by atoms with Gasteiger partial charge in [-0.2, -0.15) is 0 Å². The Morgan fingerprint density at radius 3 is 1.88 bits per heavy atom. The summed E-state index contributed by atoms with van der Waals surface area (Å²) in [4.78, 5) is 4.72. The molecule has 0 saturated heterocycles. The maximum absolute atomic E-state index is 14.2. The normalized spacial score (nSPS) is 11.4. The van der Waals surface area contributed by atoms with Crippen molar-refractivity contribution in [3.05, 3.63) is 102 Å². The maximum atomic E-state index is 14.2. The van der Waals surface area contributed by atoms with Crippen LogP contribution in [0.5, 0.6) is 0 Å². The van der Waals surface area contributed by atoms with E-state index in [0.717, 1.165) is 33.2 Å². The third-order valence-electron chi connectivity index (χ3n) is 5.93. The molecular formula is C27H11F5IrN-. The van der Waals surface area contributed by atoms with Crippen LogP contribution < -0.4 is 0 Å². The Kier molecular flexibility index (Phi) is 5.34. The second-order valence-corrected chi connectivity index (χ2v) is 7.74. The number of aromatic nitrogens is 1. The number of benzene rings is 4. The molecule has 0 saturated carbocycles. The molecule has 1 aromatic heterocycles. The molecule has 0 unspecified atom stereocenters. The number of hydrogen-bond donors (Lipinski definition) is 0. The second-order valence-electron chi connectivity index (χ2n) is 7.74. The monoisotopic (exact) mass is 637 g/mol. The van der Waals surface area contributed by atoms with Gasteiger partial charge in [0.1, 0.15) is 0 Å². The summed E-state index contributed by atoms with van der Waals surface area (Å²) in [7, 11) is 0. The van der Waals surface area contributed by atoms with E-state index in [2.05, 4.69) is 12.1 Å². The SMILES string of the molecule is Fc1c(F)c(F)c(-c2c[c-]c(-c3cc4c5c(cccc5n3)-c3ccccc3-4)cc2)c(F)c1F.[Ir]. The van der Waals surface area contributed by atoms with Crippen LogP contribution in [0, 0.1) is 35.2 Å². The van der Waals surface area contributed by atoms with Crippen molar-refractivity contribution in [3.63, 3.8) is 0 Å². The van der Waals surface area contributed by atoms with E-state index in [4.69, 9.17) is 4.98 Å². The Labute approximate surface area is 204 Å². The molecule has 1 aliphatic rings. The summed E-state index contributed by atoms with van der Waals surface area (Å²) in [5.41, 5.74) is 5.02. The fourth-order valence-electron chi connectivity index (χ4n) is 4.41. The van der Waals surface area contributed by atoms with Gasteiger partial charge in [-0.25, -0.2) is 22.0 Å². The molecule has 0 fully saturated rings. The maximum Gasteiger partial charge on any atom is 0.200 e. The molecule has 0 bridgehead atoms. The number of fused-ring (bicyclic) bond motifs is 3. The molecule has 1 aliphatic carbocycles. The van der Waals surface area contributed by atoms with Gasteiger partial charge < -0.3 is 0 Å². The number of rotatable bonds is 2. The predicted octanol–water partition coefficient (Wildman–Crippen LogP) is 7.71. The third kappa shape index (κ3) is 3.11. The van der Waals surface area contributed by atoms with Crippen molar-refractivity contribution in [2.75, 3.05) is 0 Å². The van der Waals surface area contributed by atoms with Gasteiger partial charge in [0.05, 0.1) is 5.52 Å². The first-order chi connectivity index (χ1) is 16.0. The topological polar surface area (TPSA) is 12.9 Å². The Balaban J connectivity index is 0.00000241. The minimum Gasteiger partial charge on any atom is -0.296 e. The van der Waals surface area contributed by atoms with Gasteiger partial charge in [0.2, 0.25) is 0 Å². The van der Waals surface area contributed by atoms with Crippen molar-refractivity contribution >= 4 is 10.9 Å². The van der Waals surface area contributed by atoms with Crippen LogP contribution in [0.1, 0.15) is 0 Å². The molecule has 1 nitrogen and oxygen atoms in total. The van der Waals surface area contributed by atoms with Crippen molar-refractivity contribution < 1.29 is 42.1 Å². The molecule has 1 radical (unpaired) electrons. The van der Waals surface area contributed by atoms with E-state index >= 15 is 0 Å². The zero-order valence-electron chi connectivity index (χ0n) is 17.0. The first kappa shape index (κ1) is 22.4. The van der Waals surface area contributed by atoms with Gasteiger partial charge in [0, 0.05) is 31.1 Å². The van der Waals surface area contributed by atoms with Gasteiger partial charge >= 0.3 is 0 Å². The Morgan fingerprint density at radius 1 is 0.618 bits per heavy atom. The second kappa shape index (κ2) is 8.12. The molecule has 6 rings (SSSR count). The van der Waals surface area contributed by atoms with Gasteiger partial charge in [-0.05, 0) is 34.0 Å². The summed E-state index contributed by atoms with van der Waals surface area (Å²) in [6, 6.07) is 22.7. The zero-order valence-corrected chi connectivity index (χ0v) is 19.4. The number of halogens is 5. The van der Waals surface area contributed by atoms with Gasteiger partial charge in [-0.1, -0.05) is 48.0 Å². The average Bonchev–Trinajstić information content (AvgIpc) is 3.17. The molecule has 7 heteroatoms. The standard InChI is InChI=1S/C27H11F5N.Ir/c28-23-21(24(29)26(31)27(32)25(23)30)14-10-8-13(9-11-14)20-12-18-16-5-2-1-4-15(16)17-6-3-7-19(33-20)22(17)18;/h1-8,10-12H;/q-1;. The smallest absolute Gasteiger partial charge is 0.200 e. The van der Waals surface area contributed by atoms with E-state index in [1.165, 1.54) is 18.2 Å². The molecule has 0 N–H and O–H groups in total. The average molecular weight is 637 g/mol. The van der Waals surface area contributed by atoms with Crippen LogP contribution in [0.15, 0.2) is 66.7 Å². The summed E-state index contributed by atoms with van der Waals surface area (Å²) in [6.07, 6.45) is 0. The third-order valence-corrected chi connectivity index (χ3v) is 5.93. The van der Waals surface area contributed by atoms with Crippen LogP contribution in [-0.2, 0) is 20.1 Å². The Morgan fingerprint density at radius 2 is 1.24 bits per heavy atom. The minimum absolute atomic E-state index is 0. The van der Waals surface area contributed by atoms with Crippen LogP contribution in [0.25, 0.3) is 55.5 Å². The van der Waals surface area contributed by atoms with Crippen LogP contribution in [-0.4, -0.2) is 4.98 Å². The summed E-state index contributed by atoms with van der Waals surface area (Å²) >= 11 is 0. The summed E-state index contributed by atoms with van der Waals surface area (Å²) in [6.45, 7) is 0. The molecule has 169 valence electrons. The number of pyridine rings is 1. The minimum atomic E-state index is -2.19. The van der Waals surface area contributed by atoms with E-state index in [9.17, 15) is 22.0 Å². The molecule has 34 heavy (non-hydrogen) atoms. The van der Waals surface area contributed by atoms with Crippen LogP contribution in [0.2, 0.25) is 0 Å². The van der Waals surface area contributed by atoms with Gasteiger partial charge in [0.25, 0.3) is 0 Å². The first-order valence-electron chi connectivity index (χ1n) is 10.0. The molecule has 5 aromatic rings. The van der Waals surface area contributed by atoms with Crippen LogP contribution in [0.4, 0.5) is 22.0 Å².